The van der Waals surface area contributed by atoms with Crippen molar-refractivity contribution >= 4 is 28.3 Å². The third kappa shape index (κ3) is 3.24. The molecule has 1 atom stereocenters. The summed E-state index contributed by atoms with van der Waals surface area (Å²) in [5, 5.41) is 1.62. The maximum absolute atomic E-state index is 13.8. The molecule has 2 saturated carbocycles. The molecule has 3 aromatic rings. The van der Waals surface area contributed by atoms with Crippen LogP contribution in [0.4, 0.5) is 4.39 Å². The Hall–Kier alpha value is -2.26. The highest BCUT2D eigenvalue weighted by atomic mass is 35.5. The first-order valence-electron chi connectivity index (χ1n) is 10.7. The van der Waals surface area contributed by atoms with Crippen LogP contribution in [-0.2, 0) is 11.2 Å². The lowest BCUT2D eigenvalue weighted by Gasteiger charge is -2.32. The van der Waals surface area contributed by atoms with Crippen molar-refractivity contribution in [2.45, 2.75) is 51.4 Å². The summed E-state index contributed by atoms with van der Waals surface area (Å²) >= 11 is 5.97. The number of carbonyl (C=O) groups is 1. The normalized spacial score (nSPS) is 28.0. The quantitative estimate of drug-likeness (QED) is 0.459. The first-order valence-corrected chi connectivity index (χ1v) is 11.1. The fraction of sp³-hybridized carbons (Fsp3) is 0.385. The van der Waals surface area contributed by atoms with Crippen LogP contribution < -0.4 is 0 Å². The van der Waals surface area contributed by atoms with E-state index in [1.54, 1.807) is 12.1 Å². The zero-order valence-electron chi connectivity index (χ0n) is 17.1. The Kier molecular flexibility index (Phi) is 4.70. The molecule has 1 heterocycles. The second kappa shape index (κ2) is 7.16. The average molecular weight is 422 g/mol. The maximum atomic E-state index is 13.8. The summed E-state index contributed by atoms with van der Waals surface area (Å²) in [6, 6.07) is 14.5. The van der Waals surface area contributed by atoms with Gasteiger partial charge in [0.1, 0.15) is 11.6 Å². The van der Waals surface area contributed by atoms with Gasteiger partial charge in [0, 0.05) is 28.4 Å². The summed E-state index contributed by atoms with van der Waals surface area (Å²) in [4.78, 5) is 17.5. The highest BCUT2D eigenvalue weighted by Crippen LogP contribution is 2.72. The number of hydrogen-bond donors (Lipinski definition) is 0. The van der Waals surface area contributed by atoms with Crippen LogP contribution in [0.2, 0.25) is 5.02 Å². The lowest BCUT2D eigenvalue weighted by atomic mass is 9.72. The van der Waals surface area contributed by atoms with E-state index in [4.69, 9.17) is 11.6 Å². The van der Waals surface area contributed by atoms with Crippen molar-refractivity contribution in [3.63, 3.8) is 0 Å². The summed E-state index contributed by atoms with van der Waals surface area (Å²) in [6.45, 7) is 2.16. The Morgan fingerprint density at radius 3 is 2.60 bits per heavy atom. The van der Waals surface area contributed by atoms with Crippen molar-refractivity contribution in [1.82, 2.24) is 4.98 Å². The monoisotopic (exact) mass is 421 g/mol. The summed E-state index contributed by atoms with van der Waals surface area (Å²) in [5.41, 5.74) is 3.00. The Balaban J connectivity index is 1.30. The molecular weight excluding hydrogens is 397 g/mol. The van der Waals surface area contributed by atoms with Crippen LogP contribution in [0, 0.1) is 16.6 Å². The number of halogens is 2. The molecule has 5 rings (SSSR count). The van der Waals surface area contributed by atoms with E-state index < -0.39 is 0 Å². The van der Waals surface area contributed by atoms with E-state index in [0.29, 0.717) is 23.1 Å². The van der Waals surface area contributed by atoms with Crippen molar-refractivity contribution in [1.29, 1.82) is 0 Å². The van der Waals surface area contributed by atoms with Crippen LogP contribution in [0.25, 0.3) is 10.9 Å². The molecule has 0 N–H and O–H groups in total. The Morgan fingerprint density at radius 1 is 1.13 bits per heavy atom. The predicted molar refractivity (Wildman–Crippen MR) is 118 cm³/mol. The minimum absolute atomic E-state index is 0.140. The highest BCUT2D eigenvalue weighted by molar-refractivity contribution is 6.30. The van der Waals surface area contributed by atoms with Crippen molar-refractivity contribution in [2.24, 2.45) is 10.8 Å². The minimum Gasteiger partial charge on any atom is -0.299 e. The molecule has 0 radical (unpaired) electrons. The van der Waals surface area contributed by atoms with Gasteiger partial charge in [-0.05, 0) is 91.0 Å². The number of Topliss-reactive ketones (excluding diaryl/α,β-unsaturated/α-hetero) is 1. The lowest BCUT2D eigenvalue weighted by molar-refractivity contribution is -0.124. The molecule has 4 heteroatoms. The standard InChI is InChI=1S/C26H25ClFNO/c1-25(24(30)14-17-2-4-19(27)5-3-17)16-26(25)11-8-18(9-12-26)21-10-13-29-23-7-6-20(28)15-22(21)23/h2-7,10,13,15,18H,8-9,11-12,14,16H2,1H3/t18?,25-,26?/m1/s1. The van der Waals surface area contributed by atoms with E-state index in [0.717, 1.165) is 48.6 Å². The molecule has 30 heavy (non-hydrogen) atoms. The largest absolute Gasteiger partial charge is 0.299 e. The van der Waals surface area contributed by atoms with Crippen molar-refractivity contribution < 1.29 is 9.18 Å². The topological polar surface area (TPSA) is 30.0 Å². The molecule has 0 bridgehead atoms. The van der Waals surface area contributed by atoms with Gasteiger partial charge >= 0.3 is 0 Å². The van der Waals surface area contributed by atoms with E-state index in [9.17, 15) is 9.18 Å². The van der Waals surface area contributed by atoms with Crippen molar-refractivity contribution in [2.75, 3.05) is 0 Å². The van der Waals surface area contributed by atoms with E-state index in [2.05, 4.69) is 11.9 Å². The summed E-state index contributed by atoms with van der Waals surface area (Å²) in [5.74, 6) is 0.533. The molecule has 0 amide bonds. The first-order chi connectivity index (χ1) is 14.4. The average Bonchev–Trinajstić information content (AvgIpc) is 3.34. The van der Waals surface area contributed by atoms with Crippen LogP contribution in [0.1, 0.15) is 56.1 Å². The van der Waals surface area contributed by atoms with Gasteiger partial charge in [0.2, 0.25) is 0 Å². The van der Waals surface area contributed by atoms with Crippen LogP contribution in [0.15, 0.2) is 54.7 Å². The second-order valence-corrected chi connectivity index (χ2v) is 9.79. The van der Waals surface area contributed by atoms with E-state index in [1.807, 2.05) is 36.5 Å². The molecule has 0 unspecified atom stereocenters. The molecule has 2 aliphatic rings. The zero-order valence-corrected chi connectivity index (χ0v) is 17.9. The molecule has 2 aromatic carbocycles. The number of pyridine rings is 1. The first kappa shape index (κ1) is 19.7. The van der Waals surface area contributed by atoms with Gasteiger partial charge in [0.15, 0.2) is 0 Å². The van der Waals surface area contributed by atoms with Gasteiger partial charge in [-0.1, -0.05) is 30.7 Å². The van der Waals surface area contributed by atoms with Crippen LogP contribution in [0.5, 0.6) is 0 Å². The number of aromatic nitrogens is 1. The molecular formula is C26H25ClFNO. The van der Waals surface area contributed by atoms with Crippen LogP contribution >= 0.6 is 11.6 Å². The van der Waals surface area contributed by atoms with Crippen molar-refractivity contribution in [3.8, 4) is 0 Å². The van der Waals surface area contributed by atoms with Gasteiger partial charge in [-0.2, -0.15) is 0 Å². The van der Waals surface area contributed by atoms with Crippen molar-refractivity contribution in [3.05, 3.63) is 76.7 Å². The summed E-state index contributed by atoms with van der Waals surface area (Å²) in [7, 11) is 0. The van der Waals surface area contributed by atoms with Gasteiger partial charge in [0.05, 0.1) is 5.52 Å². The Labute approximate surface area is 181 Å². The van der Waals surface area contributed by atoms with E-state index in [-0.39, 0.29) is 16.6 Å². The van der Waals surface area contributed by atoms with Crippen LogP contribution in [-0.4, -0.2) is 10.8 Å². The maximum Gasteiger partial charge on any atom is 0.143 e. The number of rotatable bonds is 4. The fourth-order valence-corrected chi connectivity index (χ4v) is 5.84. The number of benzene rings is 2. The number of fused-ring (bicyclic) bond motifs is 1. The molecule has 1 spiro atoms. The van der Waals surface area contributed by atoms with E-state index >= 15 is 0 Å². The molecule has 2 nitrogen and oxygen atoms in total. The molecule has 154 valence electrons. The third-order valence-electron chi connectivity index (χ3n) is 7.75. The van der Waals surface area contributed by atoms with Gasteiger partial charge in [-0.3, -0.25) is 9.78 Å². The second-order valence-electron chi connectivity index (χ2n) is 9.35. The number of hydrogen-bond acceptors (Lipinski definition) is 2. The fourth-order valence-electron chi connectivity index (χ4n) is 5.72. The summed E-state index contributed by atoms with van der Waals surface area (Å²) < 4.78 is 13.8. The third-order valence-corrected chi connectivity index (χ3v) is 8.00. The van der Waals surface area contributed by atoms with Gasteiger partial charge in [-0.25, -0.2) is 4.39 Å². The molecule has 2 fully saturated rings. The van der Waals surface area contributed by atoms with Gasteiger partial charge in [-0.15, -0.1) is 0 Å². The predicted octanol–water partition coefficient (Wildman–Crippen LogP) is 6.89. The molecule has 1 aromatic heterocycles. The Bertz CT molecular complexity index is 1120. The minimum atomic E-state index is -0.218. The lowest BCUT2D eigenvalue weighted by Crippen LogP contribution is -2.26. The number of ketones is 1. The number of nitrogens with zero attached hydrogens (tertiary/aromatic N) is 1. The molecule has 0 aliphatic heterocycles. The van der Waals surface area contributed by atoms with Gasteiger partial charge < -0.3 is 0 Å². The smallest absolute Gasteiger partial charge is 0.143 e. The van der Waals surface area contributed by atoms with E-state index in [1.165, 1.54) is 11.6 Å². The number of carbonyl (C=O) groups excluding carboxylic acids is 1. The molecule has 2 aliphatic carbocycles. The zero-order chi connectivity index (χ0) is 20.9. The van der Waals surface area contributed by atoms with Crippen LogP contribution in [0.3, 0.4) is 0 Å². The SMILES string of the molecule is C[C@]1(C(=O)Cc2ccc(Cl)cc2)CC12CCC(c1ccnc3ccc(F)cc13)CC2. The summed E-state index contributed by atoms with van der Waals surface area (Å²) in [6.07, 6.45) is 7.49. The molecule has 0 saturated heterocycles. The Morgan fingerprint density at radius 2 is 1.87 bits per heavy atom. The highest BCUT2D eigenvalue weighted by Gasteiger charge is 2.67. The van der Waals surface area contributed by atoms with Gasteiger partial charge in [0.25, 0.3) is 0 Å².